The van der Waals surface area contributed by atoms with Crippen molar-refractivity contribution >= 4 is 0 Å². The molecule has 0 radical (unpaired) electrons. The van der Waals surface area contributed by atoms with Crippen LogP contribution in [0.15, 0.2) is 0 Å². The van der Waals surface area contributed by atoms with Crippen LogP contribution in [0.5, 0.6) is 0 Å². The van der Waals surface area contributed by atoms with E-state index in [2.05, 4.69) is 0 Å². The van der Waals surface area contributed by atoms with E-state index >= 15 is 0 Å². The minimum Gasteiger partial charge on any atom is -0.389 e. The predicted molar refractivity (Wildman–Crippen MR) is 45.4 cm³/mol. The highest BCUT2D eigenvalue weighted by molar-refractivity contribution is 5.03. The molecule has 1 aliphatic heterocycles. The molecule has 0 spiro atoms. The maximum absolute atomic E-state index is 9.71. The molecule has 0 amide bonds. The number of methoxy groups -OCH3 is 1. The SMILES string of the molecule is CO[C@@H]1[C@@H](O)[C@@H](N)[C@@H](O)[C@@H]2OCO[C@H]12. The summed E-state index contributed by atoms with van der Waals surface area (Å²) in [5.74, 6) is 0. The molecule has 2 rings (SSSR count). The Morgan fingerprint density at radius 2 is 1.86 bits per heavy atom. The number of hydrogen-bond donors (Lipinski definition) is 3. The monoisotopic (exact) mass is 205 g/mol. The summed E-state index contributed by atoms with van der Waals surface area (Å²) in [6, 6.07) is -0.761. The van der Waals surface area contributed by atoms with Gasteiger partial charge in [0, 0.05) is 7.11 Å². The molecule has 1 saturated carbocycles. The average molecular weight is 205 g/mol. The molecule has 6 heteroatoms. The van der Waals surface area contributed by atoms with Crippen molar-refractivity contribution in [3.8, 4) is 0 Å². The van der Waals surface area contributed by atoms with Crippen molar-refractivity contribution in [3.05, 3.63) is 0 Å². The Balaban J connectivity index is 2.19. The molecular formula is C8H15NO5. The molecule has 1 saturated heterocycles. The molecule has 0 aromatic rings. The molecule has 0 bridgehead atoms. The van der Waals surface area contributed by atoms with Crippen LogP contribution in [0.1, 0.15) is 0 Å². The fourth-order valence-electron chi connectivity index (χ4n) is 2.07. The van der Waals surface area contributed by atoms with Crippen molar-refractivity contribution in [1.29, 1.82) is 0 Å². The summed E-state index contributed by atoms with van der Waals surface area (Å²) in [4.78, 5) is 0. The fourth-order valence-corrected chi connectivity index (χ4v) is 2.07. The Bertz CT molecular complexity index is 214. The standard InChI is InChI=1S/C8H15NO5/c1-12-6-4(10)3(9)5(11)7-8(6)14-2-13-7/h3-8,10-11H,2,9H2,1H3/t3-,4+,5-,6-,7+,8-/m1/s1. The van der Waals surface area contributed by atoms with Gasteiger partial charge >= 0.3 is 0 Å². The lowest BCUT2D eigenvalue weighted by molar-refractivity contribution is -0.155. The van der Waals surface area contributed by atoms with Crippen LogP contribution in [0.4, 0.5) is 0 Å². The summed E-state index contributed by atoms with van der Waals surface area (Å²) in [7, 11) is 1.47. The van der Waals surface area contributed by atoms with Gasteiger partial charge in [0.25, 0.3) is 0 Å². The van der Waals surface area contributed by atoms with Gasteiger partial charge in [-0.1, -0.05) is 0 Å². The Morgan fingerprint density at radius 3 is 2.50 bits per heavy atom. The summed E-state index contributed by atoms with van der Waals surface area (Å²) < 4.78 is 15.5. The number of ether oxygens (including phenoxy) is 3. The zero-order valence-corrected chi connectivity index (χ0v) is 7.87. The summed E-state index contributed by atoms with van der Waals surface area (Å²) in [6.07, 6.45) is -3.33. The van der Waals surface area contributed by atoms with Crippen LogP contribution in [0, 0.1) is 0 Å². The second-order valence-corrected chi connectivity index (χ2v) is 3.64. The third-order valence-electron chi connectivity index (χ3n) is 2.90. The van der Waals surface area contributed by atoms with Gasteiger partial charge < -0.3 is 30.2 Å². The quantitative estimate of drug-likeness (QED) is 0.450. The fraction of sp³-hybridized carbons (Fsp3) is 1.00. The highest BCUT2D eigenvalue weighted by Gasteiger charge is 2.52. The number of aliphatic hydroxyl groups is 2. The van der Waals surface area contributed by atoms with Crippen LogP contribution in [0.25, 0.3) is 0 Å². The van der Waals surface area contributed by atoms with Crippen LogP contribution >= 0.6 is 0 Å². The van der Waals surface area contributed by atoms with Gasteiger partial charge in [-0.2, -0.15) is 0 Å². The number of rotatable bonds is 1. The zero-order valence-electron chi connectivity index (χ0n) is 7.87. The smallest absolute Gasteiger partial charge is 0.148 e. The van der Waals surface area contributed by atoms with Gasteiger partial charge in [-0.3, -0.25) is 0 Å². The molecule has 1 heterocycles. The maximum atomic E-state index is 9.71. The number of nitrogens with two attached hydrogens (primary N) is 1. The van der Waals surface area contributed by atoms with Crippen molar-refractivity contribution in [2.75, 3.05) is 13.9 Å². The Hall–Kier alpha value is -0.240. The van der Waals surface area contributed by atoms with Crippen LogP contribution in [0.3, 0.4) is 0 Å². The van der Waals surface area contributed by atoms with E-state index in [9.17, 15) is 10.2 Å². The van der Waals surface area contributed by atoms with Gasteiger partial charge in [-0.25, -0.2) is 0 Å². The van der Waals surface area contributed by atoms with E-state index in [-0.39, 0.29) is 6.79 Å². The molecule has 6 nitrogen and oxygen atoms in total. The van der Waals surface area contributed by atoms with E-state index in [4.69, 9.17) is 19.9 Å². The topological polar surface area (TPSA) is 94.2 Å². The summed E-state index contributed by atoms with van der Waals surface area (Å²) >= 11 is 0. The Morgan fingerprint density at radius 1 is 1.21 bits per heavy atom. The van der Waals surface area contributed by atoms with Crippen molar-refractivity contribution < 1.29 is 24.4 Å². The van der Waals surface area contributed by atoms with Crippen molar-refractivity contribution in [3.63, 3.8) is 0 Å². The normalized spacial score (nSPS) is 53.1. The first kappa shape index (κ1) is 10.3. The van der Waals surface area contributed by atoms with Gasteiger partial charge in [0.1, 0.15) is 37.3 Å². The van der Waals surface area contributed by atoms with Gasteiger partial charge in [-0.05, 0) is 0 Å². The third-order valence-corrected chi connectivity index (χ3v) is 2.90. The van der Waals surface area contributed by atoms with Crippen molar-refractivity contribution in [1.82, 2.24) is 0 Å². The first-order valence-corrected chi connectivity index (χ1v) is 4.54. The zero-order chi connectivity index (χ0) is 10.3. The first-order chi connectivity index (χ1) is 6.66. The Kier molecular flexibility index (Phi) is 2.74. The highest BCUT2D eigenvalue weighted by atomic mass is 16.7. The molecule has 1 aliphatic carbocycles. The molecule has 82 valence electrons. The molecule has 0 aromatic heterocycles. The molecule has 6 atom stereocenters. The lowest BCUT2D eigenvalue weighted by Gasteiger charge is -2.41. The first-order valence-electron chi connectivity index (χ1n) is 4.54. The summed E-state index contributed by atoms with van der Waals surface area (Å²) in [6.45, 7) is 0.103. The van der Waals surface area contributed by atoms with Gasteiger partial charge in [0.15, 0.2) is 0 Å². The number of fused-ring (bicyclic) bond motifs is 1. The number of aliphatic hydroxyl groups excluding tert-OH is 2. The van der Waals surface area contributed by atoms with E-state index in [1.807, 2.05) is 0 Å². The number of hydrogen-bond acceptors (Lipinski definition) is 6. The predicted octanol–water partition coefficient (Wildman–Crippen LogP) is -2.19. The van der Waals surface area contributed by atoms with E-state index in [1.165, 1.54) is 7.11 Å². The minimum absolute atomic E-state index is 0.103. The molecule has 4 N–H and O–H groups in total. The van der Waals surface area contributed by atoms with Crippen LogP contribution in [-0.4, -0.2) is 60.7 Å². The minimum atomic E-state index is -0.932. The van der Waals surface area contributed by atoms with Crippen LogP contribution in [0.2, 0.25) is 0 Å². The lowest BCUT2D eigenvalue weighted by atomic mass is 9.83. The molecule has 2 aliphatic rings. The van der Waals surface area contributed by atoms with E-state index in [0.29, 0.717) is 0 Å². The van der Waals surface area contributed by atoms with E-state index in [1.54, 1.807) is 0 Å². The third kappa shape index (κ3) is 1.35. The summed E-state index contributed by atoms with van der Waals surface area (Å²) in [5.41, 5.74) is 5.63. The summed E-state index contributed by atoms with van der Waals surface area (Å²) in [5, 5.41) is 19.4. The Labute approximate surface area is 81.6 Å². The second kappa shape index (κ2) is 3.73. The largest absolute Gasteiger partial charge is 0.389 e. The van der Waals surface area contributed by atoms with Gasteiger partial charge in [0.2, 0.25) is 0 Å². The molecule has 0 aromatic carbocycles. The van der Waals surface area contributed by atoms with Crippen LogP contribution in [-0.2, 0) is 14.2 Å². The van der Waals surface area contributed by atoms with Gasteiger partial charge in [-0.15, -0.1) is 0 Å². The van der Waals surface area contributed by atoms with Gasteiger partial charge in [0.05, 0.1) is 6.04 Å². The average Bonchev–Trinajstić information content (AvgIpc) is 2.64. The van der Waals surface area contributed by atoms with E-state index in [0.717, 1.165) is 0 Å². The van der Waals surface area contributed by atoms with Crippen LogP contribution < -0.4 is 5.73 Å². The lowest BCUT2D eigenvalue weighted by Crippen LogP contribution is -2.66. The van der Waals surface area contributed by atoms with Crippen molar-refractivity contribution in [2.24, 2.45) is 5.73 Å². The molecule has 14 heavy (non-hydrogen) atoms. The van der Waals surface area contributed by atoms with E-state index < -0.39 is 36.6 Å². The second-order valence-electron chi connectivity index (χ2n) is 3.64. The van der Waals surface area contributed by atoms with Crippen molar-refractivity contribution in [2.45, 2.75) is 36.6 Å². The molecule has 2 fully saturated rings. The maximum Gasteiger partial charge on any atom is 0.148 e. The highest BCUT2D eigenvalue weighted by Crippen LogP contribution is 2.30. The molecular weight excluding hydrogens is 190 g/mol. The molecule has 0 unspecified atom stereocenters.